The van der Waals surface area contributed by atoms with E-state index in [2.05, 4.69) is 73.1 Å². The molecule has 0 saturated carbocycles. The summed E-state index contributed by atoms with van der Waals surface area (Å²) >= 11 is 0. The molecule has 0 aliphatic heterocycles. The maximum Gasteiger partial charge on any atom is 0.0913 e. The molecule has 96 valence electrons. The Morgan fingerprint density at radius 1 is 0.842 bits per heavy atom. The molecular formula is C17H17NO. The van der Waals surface area contributed by atoms with Gasteiger partial charge in [-0.2, -0.15) is 5.48 Å². The van der Waals surface area contributed by atoms with Crippen molar-refractivity contribution < 1.29 is 4.84 Å². The van der Waals surface area contributed by atoms with E-state index >= 15 is 0 Å². The minimum Gasteiger partial charge on any atom is -0.304 e. The summed E-state index contributed by atoms with van der Waals surface area (Å²) in [6, 6.07) is 16.8. The summed E-state index contributed by atoms with van der Waals surface area (Å²) in [4.78, 5) is 5.28. The van der Waals surface area contributed by atoms with Gasteiger partial charge in [0.2, 0.25) is 0 Å². The number of benzene rings is 2. The molecular weight excluding hydrogens is 234 g/mol. The van der Waals surface area contributed by atoms with Crippen molar-refractivity contribution in [1.29, 1.82) is 0 Å². The zero-order valence-corrected chi connectivity index (χ0v) is 11.2. The summed E-state index contributed by atoms with van der Waals surface area (Å²) in [7, 11) is 1.66. The highest BCUT2D eigenvalue weighted by molar-refractivity contribution is 5.77. The van der Waals surface area contributed by atoms with E-state index in [1.165, 1.54) is 22.3 Å². The SMILES string of the molecule is CONC1(C)c2ccccc2C=Cc2ccccc21. The predicted octanol–water partition coefficient (Wildman–Crippen LogP) is 3.58. The van der Waals surface area contributed by atoms with Crippen LogP contribution < -0.4 is 5.48 Å². The second-order valence-electron chi connectivity index (χ2n) is 4.94. The number of hydrogen-bond acceptors (Lipinski definition) is 2. The van der Waals surface area contributed by atoms with Crippen molar-refractivity contribution in [3.63, 3.8) is 0 Å². The first-order chi connectivity index (χ1) is 9.25. The predicted molar refractivity (Wildman–Crippen MR) is 78.4 cm³/mol. The largest absolute Gasteiger partial charge is 0.304 e. The van der Waals surface area contributed by atoms with Crippen LogP contribution in [-0.4, -0.2) is 7.11 Å². The van der Waals surface area contributed by atoms with Gasteiger partial charge in [-0.05, 0) is 29.2 Å². The molecule has 2 nitrogen and oxygen atoms in total. The first kappa shape index (κ1) is 12.2. The molecule has 0 spiro atoms. The molecule has 1 N–H and O–H groups in total. The van der Waals surface area contributed by atoms with Crippen molar-refractivity contribution in [2.24, 2.45) is 0 Å². The van der Waals surface area contributed by atoms with Crippen LogP contribution in [0.2, 0.25) is 0 Å². The first-order valence-electron chi connectivity index (χ1n) is 6.43. The van der Waals surface area contributed by atoms with Crippen LogP contribution in [0.4, 0.5) is 0 Å². The Kier molecular flexibility index (Phi) is 2.97. The van der Waals surface area contributed by atoms with E-state index in [-0.39, 0.29) is 5.54 Å². The molecule has 2 aromatic carbocycles. The Hall–Kier alpha value is -1.90. The van der Waals surface area contributed by atoms with E-state index < -0.39 is 0 Å². The molecule has 0 saturated heterocycles. The third-order valence-electron chi connectivity index (χ3n) is 3.75. The molecule has 0 amide bonds. The van der Waals surface area contributed by atoms with Crippen LogP contribution in [0.25, 0.3) is 12.2 Å². The first-order valence-corrected chi connectivity index (χ1v) is 6.43. The van der Waals surface area contributed by atoms with Gasteiger partial charge in [0.1, 0.15) is 0 Å². The van der Waals surface area contributed by atoms with E-state index in [1.807, 2.05) is 0 Å². The lowest BCUT2D eigenvalue weighted by molar-refractivity contribution is 0.0345. The number of nitrogens with one attached hydrogen (secondary N) is 1. The quantitative estimate of drug-likeness (QED) is 0.824. The Labute approximate surface area is 113 Å². The minimum atomic E-state index is -0.356. The lowest BCUT2D eigenvalue weighted by atomic mass is 9.82. The van der Waals surface area contributed by atoms with Crippen LogP contribution in [0.15, 0.2) is 48.5 Å². The smallest absolute Gasteiger partial charge is 0.0913 e. The Morgan fingerprint density at radius 2 is 1.32 bits per heavy atom. The van der Waals surface area contributed by atoms with E-state index in [4.69, 9.17) is 4.84 Å². The molecule has 0 fully saturated rings. The summed E-state index contributed by atoms with van der Waals surface area (Å²) in [5, 5.41) is 0. The standard InChI is InChI=1S/C17H17NO/c1-17(18-19-2)15-9-5-3-7-13(15)11-12-14-8-4-6-10-16(14)17/h3-12,18H,1-2H3. The Morgan fingerprint density at radius 3 is 1.79 bits per heavy atom. The third-order valence-corrected chi connectivity index (χ3v) is 3.75. The highest BCUT2D eigenvalue weighted by Crippen LogP contribution is 2.37. The molecule has 19 heavy (non-hydrogen) atoms. The average Bonchev–Trinajstić information content (AvgIpc) is 2.57. The number of hydroxylamine groups is 1. The van der Waals surface area contributed by atoms with Crippen LogP contribution in [0.1, 0.15) is 29.2 Å². The van der Waals surface area contributed by atoms with E-state index in [9.17, 15) is 0 Å². The van der Waals surface area contributed by atoms with E-state index in [0.717, 1.165) is 0 Å². The highest BCUT2D eigenvalue weighted by atomic mass is 16.6. The van der Waals surface area contributed by atoms with Gasteiger partial charge in [0.05, 0.1) is 12.6 Å². The van der Waals surface area contributed by atoms with Crippen molar-refractivity contribution >= 4 is 12.2 Å². The topological polar surface area (TPSA) is 21.3 Å². The maximum atomic E-state index is 5.28. The van der Waals surface area contributed by atoms with Gasteiger partial charge in [-0.25, -0.2) is 0 Å². The Bertz CT molecular complexity index is 581. The average molecular weight is 251 g/mol. The zero-order chi connectivity index (χ0) is 13.3. The summed E-state index contributed by atoms with van der Waals surface area (Å²) in [5.74, 6) is 0. The summed E-state index contributed by atoms with van der Waals surface area (Å²) in [6.07, 6.45) is 4.33. The van der Waals surface area contributed by atoms with Crippen molar-refractivity contribution in [3.05, 3.63) is 70.8 Å². The number of rotatable bonds is 2. The van der Waals surface area contributed by atoms with Gasteiger partial charge in [0, 0.05) is 0 Å². The second-order valence-corrected chi connectivity index (χ2v) is 4.94. The molecule has 0 heterocycles. The second kappa shape index (κ2) is 4.65. The van der Waals surface area contributed by atoms with Crippen LogP contribution >= 0.6 is 0 Å². The molecule has 0 radical (unpaired) electrons. The fourth-order valence-corrected chi connectivity index (χ4v) is 2.83. The van der Waals surface area contributed by atoms with Crippen molar-refractivity contribution in [1.82, 2.24) is 5.48 Å². The normalized spacial score (nSPS) is 15.5. The molecule has 2 heteroatoms. The minimum absolute atomic E-state index is 0.356. The number of fused-ring (bicyclic) bond motifs is 2. The van der Waals surface area contributed by atoms with Gasteiger partial charge in [-0.1, -0.05) is 60.7 Å². The molecule has 0 atom stereocenters. The summed E-state index contributed by atoms with van der Waals surface area (Å²) in [5.41, 5.74) is 7.69. The van der Waals surface area contributed by atoms with Crippen LogP contribution in [-0.2, 0) is 10.4 Å². The van der Waals surface area contributed by atoms with Crippen molar-refractivity contribution in [3.8, 4) is 0 Å². The van der Waals surface area contributed by atoms with Crippen molar-refractivity contribution in [2.75, 3.05) is 7.11 Å². The zero-order valence-electron chi connectivity index (χ0n) is 11.2. The van der Waals surface area contributed by atoms with Gasteiger partial charge in [-0.3, -0.25) is 0 Å². The molecule has 2 aromatic rings. The molecule has 0 bridgehead atoms. The summed E-state index contributed by atoms with van der Waals surface area (Å²) in [6.45, 7) is 2.15. The molecule has 1 aliphatic carbocycles. The van der Waals surface area contributed by atoms with Gasteiger partial charge in [0.25, 0.3) is 0 Å². The number of hydrogen-bond donors (Lipinski definition) is 1. The summed E-state index contributed by atoms with van der Waals surface area (Å²) < 4.78 is 0. The third kappa shape index (κ3) is 1.89. The molecule has 0 aromatic heterocycles. The van der Waals surface area contributed by atoms with Crippen LogP contribution in [0.3, 0.4) is 0 Å². The molecule has 0 unspecified atom stereocenters. The lowest BCUT2D eigenvalue weighted by Gasteiger charge is -2.32. The van der Waals surface area contributed by atoms with E-state index in [1.54, 1.807) is 7.11 Å². The van der Waals surface area contributed by atoms with E-state index in [0.29, 0.717) is 0 Å². The Balaban J connectivity index is 2.30. The molecule has 3 rings (SSSR count). The fourth-order valence-electron chi connectivity index (χ4n) is 2.83. The van der Waals surface area contributed by atoms with Crippen molar-refractivity contribution in [2.45, 2.75) is 12.5 Å². The molecule has 1 aliphatic rings. The van der Waals surface area contributed by atoms with Gasteiger partial charge < -0.3 is 4.84 Å². The van der Waals surface area contributed by atoms with Gasteiger partial charge in [0.15, 0.2) is 0 Å². The lowest BCUT2D eigenvalue weighted by Crippen LogP contribution is -2.40. The maximum absolute atomic E-state index is 5.28. The van der Waals surface area contributed by atoms with Gasteiger partial charge in [-0.15, -0.1) is 0 Å². The monoisotopic (exact) mass is 251 g/mol. The van der Waals surface area contributed by atoms with Crippen LogP contribution in [0.5, 0.6) is 0 Å². The van der Waals surface area contributed by atoms with Crippen LogP contribution in [0, 0.1) is 0 Å². The highest BCUT2D eigenvalue weighted by Gasteiger charge is 2.33. The fraction of sp³-hybridized carbons (Fsp3) is 0.176. The van der Waals surface area contributed by atoms with Gasteiger partial charge >= 0.3 is 0 Å².